The lowest BCUT2D eigenvalue weighted by Crippen LogP contribution is -2.18. The fourth-order valence-corrected chi connectivity index (χ4v) is 2.80. The quantitative estimate of drug-likeness (QED) is 0.598. The van der Waals surface area contributed by atoms with Crippen molar-refractivity contribution < 1.29 is 0 Å². The van der Waals surface area contributed by atoms with Crippen LogP contribution in [0.4, 0.5) is 5.95 Å². The van der Waals surface area contributed by atoms with Gasteiger partial charge in [0, 0.05) is 5.92 Å². The number of imidazole rings is 1. The number of nitrogens with zero attached hydrogens (tertiary/aromatic N) is 2. The topological polar surface area (TPSA) is 126 Å². The lowest BCUT2D eigenvalue weighted by atomic mass is 9.96. The van der Waals surface area contributed by atoms with E-state index in [-0.39, 0.29) is 11.5 Å². The van der Waals surface area contributed by atoms with Gasteiger partial charge in [-0.2, -0.15) is 4.98 Å². The summed E-state index contributed by atoms with van der Waals surface area (Å²) in [4.78, 5) is 25.7. The molecule has 0 amide bonds. The molecule has 0 saturated heterocycles. The molecule has 18 heavy (non-hydrogen) atoms. The van der Waals surface area contributed by atoms with Crippen molar-refractivity contribution in [3.05, 3.63) is 16.2 Å². The van der Waals surface area contributed by atoms with E-state index < -0.39 is 0 Å². The molecule has 3 rings (SSSR count). The summed E-state index contributed by atoms with van der Waals surface area (Å²) in [5.41, 5.74) is 11.8. The number of hydrogen-bond donors (Lipinski definition) is 4. The van der Waals surface area contributed by atoms with Gasteiger partial charge in [0.1, 0.15) is 5.82 Å². The Morgan fingerprint density at radius 1 is 1.28 bits per heavy atom. The number of fused-ring (bicyclic) bond motifs is 1. The summed E-state index contributed by atoms with van der Waals surface area (Å²) in [7, 11) is 0. The summed E-state index contributed by atoms with van der Waals surface area (Å²) in [6, 6.07) is 0. The number of nitrogens with two attached hydrogens (primary N) is 2. The summed E-state index contributed by atoms with van der Waals surface area (Å²) in [5, 5.41) is 0. The van der Waals surface area contributed by atoms with Crippen LogP contribution in [-0.4, -0.2) is 26.5 Å². The van der Waals surface area contributed by atoms with E-state index in [0.717, 1.165) is 25.1 Å². The van der Waals surface area contributed by atoms with Crippen LogP contribution in [0.25, 0.3) is 11.2 Å². The first-order valence-electron chi connectivity index (χ1n) is 6.14. The van der Waals surface area contributed by atoms with Crippen LogP contribution in [0.15, 0.2) is 4.79 Å². The van der Waals surface area contributed by atoms with E-state index in [9.17, 15) is 4.79 Å². The van der Waals surface area contributed by atoms with Gasteiger partial charge in [0.15, 0.2) is 11.2 Å². The van der Waals surface area contributed by atoms with Gasteiger partial charge in [-0.1, -0.05) is 6.42 Å². The average molecular weight is 248 g/mol. The molecule has 0 spiro atoms. The van der Waals surface area contributed by atoms with E-state index in [1.165, 1.54) is 0 Å². The lowest BCUT2D eigenvalue weighted by molar-refractivity contribution is 0.481. The minimum Gasteiger partial charge on any atom is -0.369 e. The second-order valence-electron chi connectivity index (χ2n) is 4.80. The normalized spacial score (nSPS) is 23.8. The number of hydrogen-bond acceptors (Lipinski definition) is 5. The molecule has 2 heterocycles. The van der Waals surface area contributed by atoms with E-state index in [2.05, 4.69) is 19.9 Å². The monoisotopic (exact) mass is 248 g/mol. The third-order valence-electron chi connectivity index (χ3n) is 3.71. The molecule has 7 heteroatoms. The largest absolute Gasteiger partial charge is 0.369 e. The first-order chi connectivity index (χ1) is 8.69. The van der Waals surface area contributed by atoms with Gasteiger partial charge in [-0.05, 0) is 25.3 Å². The van der Waals surface area contributed by atoms with Crippen LogP contribution in [0.2, 0.25) is 0 Å². The number of aromatic nitrogens is 4. The molecule has 7 nitrogen and oxygen atoms in total. The molecule has 2 aromatic heterocycles. The van der Waals surface area contributed by atoms with E-state index >= 15 is 0 Å². The van der Waals surface area contributed by atoms with Gasteiger partial charge < -0.3 is 16.5 Å². The molecular formula is C11H16N6O. The second-order valence-corrected chi connectivity index (χ2v) is 4.80. The van der Waals surface area contributed by atoms with Gasteiger partial charge in [-0.3, -0.25) is 9.78 Å². The average Bonchev–Trinajstić information content (AvgIpc) is 2.92. The van der Waals surface area contributed by atoms with Crippen LogP contribution >= 0.6 is 0 Å². The van der Waals surface area contributed by atoms with Crippen molar-refractivity contribution in [1.29, 1.82) is 0 Å². The molecule has 1 fully saturated rings. The fraction of sp³-hybridized carbons (Fsp3) is 0.545. The summed E-state index contributed by atoms with van der Waals surface area (Å²) >= 11 is 0. The molecule has 0 radical (unpaired) electrons. The lowest BCUT2D eigenvalue weighted by Gasteiger charge is -2.14. The second kappa shape index (κ2) is 4.09. The highest BCUT2D eigenvalue weighted by atomic mass is 16.1. The first kappa shape index (κ1) is 11.2. The molecule has 0 aliphatic heterocycles. The van der Waals surface area contributed by atoms with E-state index in [0.29, 0.717) is 29.5 Å². The van der Waals surface area contributed by atoms with Crippen LogP contribution < -0.4 is 17.0 Å². The van der Waals surface area contributed by atoms with E-state index in [4.69, 9.17) is 11.5 Å². The molecular weight excluding hydrogens is 232 g/mol. The van der Waals surface area contributed by atoms with Crippen molar-refractivity contribution in [3.63, 3.8) is 0 Å². The SMILES string of the molecule is NCC1CCCC1c1nc2nc(N)[nH]c(=O)c2[nH]1. The molecule has 2 atom stereocenters. The van der Waals surface area contributed by atoms with Gasteiger partial charge in [-0.15, -0.1) is 0 Å². The molecule has 1 saturated carbocycles. The number of aromatic amines is 2. The number of H-pyrrole nitrogens is 2. The fourth-order valence-electron chi connectivity index (χ4n) is 2.80. The molecule has 1 aliphatic rings. The highest BCUT2D eigenvalue weighted by Gasteiger charge is 2.30. The Morgan fingerprint density at radius 2 is 2.11 bits per heavy atom. The van der Waals surface area contributed by atoms with Crippen molar-refractivity contribution in [2.45, 2.75) is 25.2 Å². The zero-order valence-corrected chi connectivity index (χ0v) is 9.94. The van der Waals surface area contributed by atoms with Gasteiger partial charge in [0.05, 0.1) is 0 Å². The van der Waals surface area contributed by atoms with Crippen LogP contribution in [0.5, 0.6) is 0 Å². The Bertz CT molecular complexity index is 630. The van der Waals surface area contributed by atoms with Crippen LogP contribution in [0.3, 0.4) is 0 Å². The van der Waals surface area contributed by atoms with Gasteiger partial charge in [0.2, 0.25) is 5.95 Å². The zero-order valence-electron chi connectivity index (χ0n) is 9.94. The first-order valence-corrected chi connectivity index (χ1v) is 6.14. The number of anilines is 1. The zero-order chi connectivity index (χ0) is 12.7. The van der Waals surface area contributed by atoms with Gasteiger partial charge >= 0.3 is 0 Å². The highest BCUT2D eigenvalue weighted by Crippen LogP contribution is 2.37. The Morgan fingerprint density at radius 3 is 2.89 bits per heavy atom. The van der Waals surface area contributed by atoms with Crippen molar-refractivity contribution >= 4 is 17.1 Å². The Hall–Kier alpha value is -1.89. The summed E-state index contributed by atoms with van der Waals surface area (Å²) in [6.45, 7) is 0.646. The Balaban J connectivity index is 2.08. The minimum absolute atomic E-state index is 0.0901. The predicted molar refractivity (Wildman–Crippen MR) is 68.1 cm³/mol. The maximum Gasteiger partial charge on any atom is 0.278 e. The summed E-state index contributed by atoms with van der Waals surface area (Å²) in [5.74, 6) is 1.63. The Kier molecular flexibility index (Phi) is 2.55. The van der Waals surface area contributed by atoms with E-state index in [1.54, 1.807) is 0 Å². The van der Waals surface area contributed by atoms with E-state index in [1.807, 2.05) is 0 Å². The van der Waals surface area contributed by atoms with Crippen molar-refractivity contribution in [1.82, 2.24) is 19.9 Å². The Labute approximate surface area is 103 Å². The smallest absolute Gasteiger partial charge is 0.278 e. The van der Waals surface area contributed by atoms with Crippen molar-refractivity contribution in [2.24, 2.45) is 11.7 Å². The minimum atomic E-state index is -0.279. The number of nitrogen functional groups attached to an aromatic ring is 1. The van der Waals surface area contributed by atoms with Gasteiger partial charge in [-0.25, -0.2) is 4.98 Å². The van der Waals surface area contributed by atoms with Crippen LogP contribution in [-0.2, 0) is 0 Å². The standard InChI is InChI=1S/C11H16N6O/c12-4-5-2-1-3-6(5)8-14-7-9(15-8)16-11(13)17-10(7)18/h5-6H,1-4,12H2,(H4,13,14,15,16,17,18). The molecule has 2 aromatic rings. The van der Waals surface area contributed by atoms with Crippen molar-refractivity contribution in [3.8, 4) is 0 Å². The molecule has 0 aromatic carbocycles. The molecule has 1 aliphatic carbocycles. The molecule has 0 bridgehead atoms. The number of rotatable bonds is 2. The third kappa shape index (κ3) is 1.67. The number of nitrogens with one attached hydrogen (secondary N) is 2. The van der Waals surface area contributed by atoms with Crippen LogP contribution in [0, 0.1) is 5.92 Å². The molecule has 6 N–H and O–H groups in total. The highest BCUT2D eigenvalue weighted by molar-refractivity contribution is 5.70. The maximum absolute atomic E-state index is 11.7. The van der Waals surface area contributed by atoms with Crippen molar-refractivity contribution in [2.75, 3.05) is 12.3 Å². The summed E-state index contributed by atoms with van der Waals surface area (Å²) in [6.07, 6.45) is 3.31. The van der Waals surface area contributed by atoms with Crippen LogP contribution in [0.1, 0.15) is 31.0 Å². The predicted octanol–water partition coefficient (Wildman–Crippen LogP) is 0.0708. The third-order valence-corrected chi connectivity index (χ3v) is 3.71. The van der Waals surface area contributed by atoms with Gasteiger partial charge in [0.25, 0.3) is 5.56 Å². The molecule has 96 valence electrons. The summed E-state index contributed by atoms with van der Waals surface area (Å²) < 4.78 is 0. The maximum atomic E-state index is 11.7. The molecule has 2 unspecified atom stereocenters.